The lowest BCUT2D eigenvalue weighted by atomic mass is 10.1. The van der Waals surface area contributed by atoms with Crippen LogP contribution in [-0.2, 0) is 0 Å². The Bertz CT molecular complexity index is 1270. The van der Waals surface area contributed by atoms with Gasteiger partial charge in [0, 0.05) is 17.7 Å². The summed E-state index contributed by atoms with van der Waals surface area (Å²) in [7, 11) is 2.12. The molecule has 5 rings (SSSR count). The smallest absolute Gasteiger partial charge is 0.127 e. The van der Waals surface area contributed by atoms with Crippen LogP contribution in [-0.4, -0.2) is 38.4 Å². The maximum atomic E-state index is 4.61. The van der Waals surface area contributed by atoms with E-state index in [-0.39, 0.29) is 6.04 Å². The molecule has 0 radical (unpaired) electrons. The maximum Gasteiger partial charge on any atom is 0.127 e. The molecule has 1 aliphatic heterocycles. The predicted octanol–water partition coefficient (Wildman–Crippen LogP) is 4.80. The van der Waals surface area contributed by atoms with Crippen LogP contribution in [0.5, 0.6) is 0 Å². The number of benzene rings is 2. The van der Waals surface area contributed by atoms with Crippen molar-refractivity contribution in [3.05, 3.63) is 95.9 Å². The molecule has 2 N–H and O–H groups in total. The Balaban J connectivity index is 1.29. The van der Waals surface area contributed by atoms with Crippen LogP contribution in [0.15, 0.2) is 78.9 Å². The van der Waals surface area contributed by atoms with Crippen molar-refractivity contribution >= 4 is 0 Å². The average molecular weight is 406 g/mol. The summed E-state index contributed by atoms with van der Waals surface area (Å²) in [5.41, 5.74) is 7.57. The SMILES string of the molecule is CC1=CC(c2ncc(-c3ccc(C#Cc4ccc(-c5cnc[nH]5)cc4)cc3)[nH]2)N(C)C1. The quantitative estimate of drug-likeness (QED) is 0.380. The zero-order valence-electron chi connectivity index (χ0n) is 17.6. The predicted molar refractivity (Wildman–Crippen MR) is 123 cm³/mol. The molecule has 152 valence electrons. The van der Waals surface area contributed by atoms with Crippen molar-refractivity contribution in [1.29, 1.82) is 0 Å². The fourth-order valence-electron chi connectivity index (χ4n) is 3.89. The van der Waals surface area contributed by atoms with Gasteiger partial charge in [0.2, 0.25) is 0 Å². The monoisotopic (exact) mass is 405 g/mol. The molecule has 1 atom stereocenters. The van der Waals surface area contributed by atoms with Gasteiger partial charge in [0.1, 0.15) is 5.82 Å². The lowest BCUT2D eigenvalue weighted by Gasteiger charge is -2.16. The molecule has 5 heteroatoms. The van der Waals surface area contributed by atoms with Crippen molar-refractivity contribution in [2.24, 2.45) is 0 Å². The molecule has 0 aliphatic carbocycles. The minimum Gasteiger partial charge on any atom is -0.345 e. The van der Waals surface area contributed by atoms with Gasteiger partial charge in [-0.1, -0.05) is 47.8 Å². The number of nitrogens with one attached hydrogen (secondary N) is 2. The summed E-state index contributed by atoms with van der Waals surface area (Å²) in [6.45, 7) is 3.15. The second kappa shape index (κ2) is 8.10. The van der Waals surface area contributed by atoms with E-state index in [1.165, 1.54) is 5.57 Å². The normalized spacial score (nSPS) is 16.1. The second-order valence-electron chi connectivity index (χ2n) is 7.93. The van der Waals surface area contributed by atoms with E-state index in [0.29, 0.717) is 0 Å². The van der Waals surface area contributed by atoms with Gasteiger partial charge in [-0.25, -0.2) is 9.97 Å². The number of aromatic amines is 2. The van der Waals surface area contributed by atoms with Gasteiger partial charge >= 0.3 is 0 Å². The van der Waals surface area contributed by atoms with Crippen LogP contribution in [0.25, 0.3) is 22.5 Å². The van der Waals surface area contributed by atoms with E-state index in [0.717, 1.165) is 46.0 Å². The zero-order chi connectivity index (χ0) is 21.2. The van der Waals surface area contributed by atoms with Gasteiger partial charge in [-0.15, -0.1) is 0 Å². The van der Waals surface area contributed by atoms with Crippen molar-refractivity contribution in [3.8, 4) is 34.4 Å². The number of likely N-dealkylation sites (N-methyl/N-ethyl adjacent to an activating group) is 1. The van der Waals surface area contributed by atoms with Gasteiger partial charge in [0.25, 0.3) is 0 Å². The third-order valence-corrected chi connectivity index (χ3v) is 5.53. The van der Waals surface area contributed by atoms with Crippen LogP contribution in [0.4, 0.5) is 0 Å². The first-order chi connectivity index (χ1) is 15.2. The summed E-state index contributed by atoms with van der Waals surface area (Å²) >= 11 is 0. The van der Waals surface area contributed by atoms with Crippen LogP contribution in [0.3, 0.4) is 0 Å². The third kappa shape index (κ3) is 4.07. The Hall–Kier alpha value is -3.88. The molecule has 1 unspecified atom stereocenters. The van der Waals surface area contributed by atoms with Crippen LogP contribution >= 0.6 is 0 Å². The molecule has 2 aromatic carbocycles. The van der Waals surface area contributed by atoms with Crippen LogP contribution in [0.2, 0.25) is 0 Å². The second-order valence-corrected chi connectivity index (χ2v) is 7.93. The molecule has 0 saturated carbocycles. The lowest BCUT2D eigenvalue weighted by Crippen LogP contribution is -2.19. The van der Waals surface area contributed by atoms with Crippen molar-refractivity contribution in [2.75, 3.05) is 13.6 Å². The summed E-state index contributed by atoms with van der Waals surface area (Å²) in [5, 5.41) is 0. The Morgan fingerprint density at radius 1 is 0.903 bits per heavy atom. The third-order valence-electron chi connectivity index (χ3n) is 5.53. The highest BCUT2D eigenvalue weighted by atomic mass is 15.2. The van der Waals surface area contributed by atoms with E-state index >= 15 is 0 Å². The number of aromatic nitrogens is 4. The first-order valence-corrected chi connectivity index (χ1v) is 10.3. The van der Waals surface area contributed by atoms with Crippen molar-refractivity contribution in [1.82, 2.24) is 24.8 Å². The standard InChI is InChI=1S/C26H23N5/c1-18-13-25(31(2)16-18)26-28-15-24(30-26)22-11-7-20(8-12-22)4-3-19-5-9-21(10-6-19)23-14-27-17-29-23/h5-15,17,25H,16H2,1-2H3,(H,27,29)(H,28,30). The lowest BCUT2D eigenvalue weighted by molar-refractivity contribution is 0.327. The first kappa shape index (κ1) is 19.1. The zero-order valence-corrected chi connectivity index (χ0v) is 17.6. The molecule has 3 heterocycles. The van der Waals surface area contributed by atoms with Gasteiger partial charge in [-0.05, 0) is 49.4 Å². The highest BCUT2D eigenvalue weighted by molar-refractivity contribution is 5.61. The fourth-order valence-corrected chi connectivity index (χ4v) is 3.89. The summed E-state index contributed by atoms with van der Waals surface area (Å²) in [4.78, 5) is 17.5. The Morgan fingerprint density at radius 3 is 2.10 bits per heavy atom. The van der Waals surface area contributed by atoms with E-state index in [4.69, 9.17) is 0 Å². The Morgan fingerprint density at radius 2 is 1.55 bits per heavy atom. The van der Waals surface area contributed by atoms with Crippen LogP contribution in [0, 0.1) is 11.8 Å². The van der Waals surface area contributed by atoms with Crippen molar-refractivity contribution in [3.63, 3.8) is 0 Å². The van der Waals surface area contributed by atoms with E-state index in [1.807, 2.05) is 36.7 Å². The topological polar surface area (TPSA) is 60.6 Å². The fraction of sp³-hybridized carbons (Fsp3) is 0.154. The maximum absolute atomic E-state index is 4.61. The summed E-state index contributed by atoms with van der Waals surface area (Å²) < 4.78 is 0. The number of H-pyrrole nitrogens is 2. The highest BCUT2D eigenvalue weighted by Crippen LogP contribution is 2.28. The van der Waals surface area contributed by atoms with E-state index in [1.54, 1.807) is 6.33 Å². The van der Waals surface area contributed by atoms with Crippen molar-refractivity contribution in [2.45, 2.75) is 13.0 Å². The summed E-state index contributed by atoms with van der Waals surface area (Å²) in [5.74, 6) is 7.46. The van der Waals surface area contributed by atoms with E-state index in [9.17, 15) is 0 Å². The van der Waals surface area contributed by atoms with Crippen molar-refractivity contribution < 1.29 is 0 Å². The molecule has 2 aromatic heterocycles. The van der Waals surface area contributed by atoms with Crippen LogP contribution in [0.1, 0.15) is 29.9 Å². The minimum absolute atomic E-state index is 0.221. The number of nitrogens with zero attached hydrogens (tertiary/aromatic N) is 3. The van der Waals surface area contributed by atoms with Gasteiger partial charge in [0.15, 0.2) is 0 Å². The molecule has 0 fully saturated rings. The molecule has 1 aliphatic rings. The average Bonchev–Trinajstić information content (AvgIpc) is 3.54. The summed E-state index contributed by atoms with van der Waals surface area (Å²) in [6, 6.07) is 16.6. The highest BCUT2D eigenvalue weighted by Gasteiger charge is 2.23. The number of hydrogen-bond donors (Lipinski definition) is 2. The largest absolute Gasteiger partial charge is 0.345 e. The number of hydrogen-bond acceptors (Lipinski definition) is 3. The number of rotatable bonds is 3. The van der Waals surface area contributed by atoms with Gasteiger partial charge in [-0.3, -0.25) is 4.90 Å². The molecule has 4 aromatic rings. The van der Waals surface area contributed by atoms with Crippen LogP contribution < -0.4 is 0 Å². The van der Waals surface area contributed by atoms with E-state index < -0.39 is 0 Å². The first-order valence-electron chi connectivity index (χ1n) is 10.3. The molecule has 5 nitrogen and oxygen atoms in total. The van der Waals surface area contributed by atoms with Gasteiger partial charge < -0.3 is 9.97 Å². The Labute approximate surface area is 181 Å². The molecule has 0 amide bonds. The molecule has 0 spiro atoms. The number of imidazole rings is 2. The molecule has 0 bridgehead atoms. The molecule has 31 heavy (non-hydrogen) atoms. The van der Waals surface area contributed by atoms with Gasteiger partial charge in [-0.2, -0.15) is 0 Å². The Kier molecular flexibility index (Phi) is 4.99. The minimum atomic E-state index is 0.221. The van der Waals surface area contributed by atoms with E-state index in [2.05, 4.69) is 81.0 Å². The molecular weight excluding hydrogens is 382 g/mol. The molecular formula is C26H23N5. The summed E-state index contributed by atoms with van der Waals surface area (Å²) in [6.07, 6.45) is 7.67. The van der Waals surface area contributed by atoms with Gasteiger partial charge in [0.05, 0.1) is 36.2 Å². The molecule has 0 saturated heterocycles.